The second-order valence-electron chi connectivity index (χ2n) is 6.13. The van der Waals surface area contributed by atoms with E-state index < -0.39 is 0 Å². The monoisotopic (exact) mass is 274 g/mol. The summed E-state index contributed by atoms with van der Waals surface area (Å²) < 4.78 is 5.77. The van der Waals surface area contributed by atoms with Gasteiger partial charge in [0.15, 0.2) is 0 Å². The van der Waals surface area contributed by atoms with E-state index in [2.05, 4.69) is 10.2 Å². The van der Waals surface area contributed by atoms with Crippen molar-refractivity contribution in [1.82, 2.24) is 10.2 Å². The SMILES string of the molecule is c1ccc(OCCN2CCC(CNC3CC3)CC2)cc1. The summed E-state index contributed by atoms with van der Waals surface area (Å²) in [6.45, 7) is 5.55. The summed E-state index contributed by atoms with van der Waals surface area (Å²) in [6, 6.07) is 11.0. The topological polar surface area (TPSA) is 24.5 Å². The molecule has 0 unspecified atom stereocenters. The second kappa shape index (κ2) is 7.09. The molecule has 20 heavy (non-hydrogen) atoms. The first-order chi connectivity index (χ1) is 9.90. The Hall–Kier alpha value is -1.06. The molecule has 0 amide bonds. The maximum Gasteiger partial charge on any atom is 0.119 e. The van der Waals surface area contributed by atoms with Gasteiger partial charge in [-0.3, -0.25) is 4.90 Å². The molecular formula is C17H26N2O. The maximum atomic E-state index is 5.77. The number of likely N-dealkylation sites (tertiary alicyclic amines) is 1. The fraction of sp³-hybridized carbons (Fsp3) is 0.647. The molecule has 0 atom stereocenters. The van der Waals surface area contributed by atoms with Crippen LogP contribution >= 0.6 is 0 Å². The van der Waals surface area contributed by atoms with Crippen molar-refractivity contribution >= 4 is 0 Å². The van der Waals surface area contributed by atoms with Crippen LogP contribution in [0.3, 0.4) is 0 Å². The van der Waals surface area contributed by atoms with Gasteiger partial charge in [0.1, 0.15) is 12.4 Å². The van der Waals surface area contributed by atoms with Crippen LogP contribution in [0.5, 0.6) is 5.75 Å². The van der Waals surface area contributed by atoms with Gasteiger partial charge in [-0.2, -0.15) is 0 Å². The van der Waals surface area contributed by atoms with Crippen LogP contribution < -0.4 is 10.1 Å². The van der Waals surface area contributed by atoms with Crippen LogP contribution in [0.1, 0.15) is 25.7 Å². The number of hydrogen-bond acceptors (Lipinski definition) is 3. The molecule has 0 aromatic heterocycles. The van der Waals surface area contributed by atoms with E-state index in [1.54, 1.807) is 0 Å². The smallest absolute Gasteiger partial charge is 0.119 e. The van der Waals surface area contributed by atoms with Crippen LogP contribution in [-0.4, -0.2) is 43.7 Å². The highest BCUT2D eigenvalue weighted by atomic mass is 16.5. The minimum absolute atomic E-state index is 0.801. The summed E-state index contributed by atoms with van der Waals surface area (Å²) in [6.07, 6.45) is 5.47. The van der Waals surface area contributed by atoms with Crippen molar-refractivity contribution in [2.75, 3.05) is 32.8 Å². The number of rotatable bonds is 7. The third-order valence-electron chi connectivity index (χ3n) is 4.40. The average molecular weight is 274 g/mol. The van der Waals surface area contributed by atoms with Crippen molar-refractivity contribution in [2.45, 2.75) is 31.7 Å². The van der Waals surface area contributed by atoms with Gasteiger partial charge in [-0.05, 0) is 63.4 Å². The van der Waals surface area contributed by atoms with Gasteiger partial charge in [0.05, 0.1) is 0 Å². The minimum Gasteiger partial charge on any atom is -0.492 e. The highest BCUT2D eigenvalue weighted by Gasteiger charge is 2.24. The molecule has 0 bridgehead atoms. The molecule has 1 aromatic rings. The Bertz CT molecular complexity index is 383. The lowest BCUT2D eigenvalue weighted by atomic mass is 9.97. The Balaban J connectivity index is 1.28. The van der Waals surface area contributed by atoms with E-state index in [0.29, 0.717) is 0 Å². The van der Waals surface area contributed by atoms with Gasteiger partial charge < -0.3 is 10.1 Å². The Morgan fingerprint density at radius 1 is 1.05 bits per heavy atom. The first kappa shape index (κ1) is 13.9. The molecule has 1 saturated carbocycles. The minimum atomic E-state index is 0.801. The van der Waals surface area contributed by atoms with Crippen LogP contribution in [0.15, 0.2) is 30.3 Å². The lowest BCUT2D eigenvalue weighted by Crippen LogP contribution is -2.39. The van der Waals surface area contributed by atoms with E-state index in [9.17, 15) is 0 Å². The molecule has 1 heterocycles. The van der Waals surface area contributed by atoms with Crippen molar-refractivity contribution in [2.24, 2.45) is 5.92 Å². The summed E-state index contributed by atoms with van der Waals surface area (Å²) in [5.74, 6) is 1.87. The van der Waals surface area contributed by atoms with Gasteiger partial charge >= 0.3 is 0 Å². The van der Waals surface area contributed by atoms with Crippen molar-refractivity contribution in [3.63, 3.8) is 0 Å². The molecule has 3 nitrogen and oxygen atoms in total. The fourth-order valence-corrected chi connectivity index (χ4v) is 2.84. The van der Waals surface area contributed by atoms with Crippen LogP contribution in [0, 0.1) is 5.92 Å². The van der Waals surface area contributed by atoms with Crippen molar-refractivity contribution < 1.29 is 4.74 Å². The molecule has 0 radical (unpaired) electrons. The average Bonchev–Trinajstić information content (AvgIpc) is 3.32. The van der Waals surface area contributed by atoms with E-state index in [1.165, 1.54) is 45.3 Å². The number of piperidine rings is 1. The molecular weight excluding hydrogens is 248 g/mol. The summed E-state index contributed by atoms with van der Waals surface area (Å²) in [4.78, 5) is 2.54. The third kappa shape index (κ3) is 4.50. The second-order valence-corrected chi connectivity index (χ2v) is 6.13. The zero-order chi connectivity index (χ0) is 13.6. The Morgan fingerprint density at radius 2 is 1.80 bits per heavy atom. The van der Waals surface area contributed by atoms with Crippen molar-refractivity contribution in [1.29, 1.82) is 0 Å². The largest absolute Gasteiger partial charge is 0.492 e. The summed E-state index contributed by atoms with van der Waals surface area (Å²) in [7, 11) is 0. The van der Waals surface area contributed by atoms with Gasteiger partial charge in [-0.15, -0.1) is 0 Å². The highest BCUT2D eigenvalue weighted by Crippen LogP contribution is 2.21. The number of nitrogens with zero attached hydrogens (tertiary/aromatic N) is 1. The lowest BCUT2D eigenvalue weighted by molar-refractivity contribution is 0.154. The molecule has 2 fully saturated rings. The third-order valence-corrected chi connectivity index (χ3v) is 4.40. The molecule has 3 rings (SSSR count). The highest BCUT2D eigenvalue weighted by molar-refractivity contribution is 5.20. The Kier molecular flexibility index (Phi) is 4.93. The Morgan fingerprint density at radius 3 is 2.50 bits per heavy atom. The number of benzene rings is 1. The molecule has 2 aliphatic rings. The molecule has 1 aromatic carbocycles. The van der Waals surface area contributed by atoms with Crippen LogP contribution in [0.2, 0.25) is 0 Å². The van der Waals surface area contributed by atoms with E-state index in [4.69, 9.17) is 4.74 Å². The molecule has 0 spiro atoms. The first-order valence-electron chi connectivity index (χ1n) is 8.04. The van der Waals surface area contributed by atoms with Gasteiger partial charge in [-0.1, -0.05) is 18.2 Å². The summed E-state index contributed by atoms with van der Waals surface area (Å²) in [5, 5.41) is 3.66. The van der Waals surface area contributed by atoms with E-state index in [-0.39, 0.29) is 0 Å². The number of ether oxygens (including phenoxy) is 1. The first-order valence-corrected chi connectivity index (χ1v) is 8.04. The molecule has 1 aliphatic carbocycles. The lowest BCUT2D eigenvalue weighted by Gasteiger charge is -2.32. The van der Waals surface area contributed by atoms with Crippen LogP contribution in [-0.2, 0) is 0 Å². The quantitative estimate of drug-likeness (QED) is 0.827. The zero-order valence-corrected chi connectivity index (χ0v) is 12.3. The van der Waals surface area contributed by atoms with E-state index in [0.717, 1.165) is 30.9 Å². The standard InChI is InChI=1S/C17H26N2O/c1-2-4-17(5-3-1)20-13-12-19-10-8-15(9-11-19)14-18-16-6-7-16/h1-5,15-16,18H,6-14H2. The van der Waals surface area contributed by atoms with Crippen molar-refractivity contribution in [3.05, 3.63) is 30.3 Å². The van der Waals surface area contributed by atoms with Gasteiger partial charge in [0.25, 0.3) is 0 Å². The number of para-hydroxylation sites is 1. The maximum absolute atomic E-state index is 5.77. The van der Waals surface area contributed by atoms with Crippen LogP contribution in [0.25, 0.3) is 0 Å². The van der Waals surface area contributed by atoms with E-state index >= 15 is 0 Å². The Labute approximate surface area is 122 Å². The van der Waals surface area contributed by atoms with Crippen molar-refractivity contribution in [3.8, 4) is 5.75 Å². The van der Waals surface area contributed by atoms with Gasteiger partial charge in [0, 0.05) is 12.6 Å². The van der Waals surface area contributed by atoms with E-state index in [1.807, 2.05) is 30.3 Å². The number of nitrogens with one attached hydrogen (secondary N) is 1. The molecule has 1 aliphatic heterocycles. The van der Waals surface area contributed by atoms with Gasteiger partial charge in [-0.25, -0.2) is 0 Å². The van der Waals surface area contributed by atoms with Crippen LogP contribution in [0.4, 0.5) is 0 Å². The van der Waals surface area contributed by atoms with Gasteiger partial charge in [0.2, 0.25) is 0 Å². The summed E-state index contributed by atoms with van der Waals surface area (Å²) in [5.41, 5.74) is 0. The molecule has 3 heteroatoms. The fourth-order valence-electron chi connectivity index (χ4n) is 2.84. The number of hydrogen-bond donors (Lipinski definition) is 1. The predicted octanol–water partition coefficient (Wildman–Crippen LogP) is 2.53. The molecule has 1 N–H and O–H groups in total. The predicted molar refractivity (Wildman–Crippen MR) is 82.1 cm³/mol. The normalized spacial score (nSPS) is 21.0. The zero-order valence-electron chi connectivity index (χ0n) is 12.3. The summed E-state index contributed by atoms with van der Waals surface area (Å²) >= 11 is 0. The molecule has 110 valence electrons. The molecule has 1 saturated heterocycles.